The number of amides is 1. The highest BCUT2D eigenvalue weighted by molar-refractivity contribution is 9.10. The lowest BCUT2D eigenvalue weighted by Crippen LogP contribution is -2.35. The molecule has 0 spiro atoms. The largest absolute Gasteiger partial charge is 0.325 e. The SMILES string of the molecule is O=C1Cc2cc(S(=O)(=O)N3CCCCC3)c(Br)cc2N1. The molecule has 1 amide bonds. The first-order valence-corrected chi connectivity index (χ1v) is 8.84. The van der Waals surface area contributed by atoms with Gasteiger partial charge in [-0.1, -0.05) is 6.42 Å². The predicted octanol–water partition coefficient (Wildman–Crippen LogP) is 2.12. The maximum Gasteiger partial charge on any atom is 0.244 e. The number of benzene rings is 1. The highest BCUT2D eigenvalue weighted by Gasteiger charge is 2.30. The lowest BCUT2D eigenvalue weighted by Gasteiger charge is -2.26. The van der Waals surface area contributed by atoms with E-state index in [9.17, 15) is 13.2 Å². The zero-order valence-electron chi connectivity index (χ0n) is 10.9. The second kappa shape index (κ2) is 5.13. The van der Waals surface area contributed by atoms with Crippen LogP contribution in [0.4, 0.5) is 5.69 Å². The molecule has 1 saturated heterocycles. The first-order valence-electron chi connectivity index (χ1n) is 6.61. The standard InChI is InChI=1S/C13H15BrN2O3S/c14-10-8-11-9(7-13(17)15-11)6-12(10)20(18,19)16-4-2-1-3-5-16/h6,8H,1-5,7H2,(H,15,17). The minimum absolute atomic E-state index is 0.0978. The van der Waals surface area contributed by atoms with Gasteiger partial charge in [0.1, 0.15) is 0 Å². The van der Waals surface area contributed by atoms with Crippen LogP contribution >= 0.6 is 15.9 Å². The van der Waals surface area contributed by atoms with Crippen LogP contribution in [0.2, 0.25) is 0 Å². The number of nitrogens with zero attached hydrogens (tertiary/aromatic N) is 1. The summed E-state index contributed by atoms with van der Waals surface area (Å²) in [4.78, 5) is 11.6. The van der Waals surface area contributed by atoms with Gasteiger partial charge in [0.25, 0.3) is 0 Å². The summed E-state index contributed by atoms with van der Waals surface area (Å²) in [6, 6.07) is 3.29. The number of rotatable bonds is 2. The first kappa shape index (κ1) is 14.0. The highest BCUT2D eigenvalue weighted by Crippen LogP contribution is 2.34. The average Bonchev–Trinajstić information content (AvgIpc) is 2.78. The molecular weight excluding hydrogens is 344 g/mol. The molecule has 0 aromatic heterocycles. The van der Waals surface area contributed by atoms with E-state index in [-0.39, 0.29) is 17.2 Å². The van der Waals surface area contributed by atoms with Gasteiger partial charge in [0.15, 0.2) is 0 Å². The van der Waals surface area contributed by atoms with Crippen LogP contribution in [0.15, 0.2) is 21.5 Å². The molecule has 5 nitrogen and oxygen atoms in total. The van der Waals surface area contributed by atoms with Crippen molar-refractivity contribution in [2.24, 2.45) is 0 Å². The Morgan fingerprint density at radius 1 is 1.15 bits per heavy atom. The molecule has 1 aromatic rings. The van der Waals surface area contributed by atoms with Gasteiger partial charge in [-0.15, -0.1) is 0 Å². The third-order valence-corrected chi connectivity index (χ3v) is 6.57. The second-order valence-corrected chi connectivity index (χ2v) is 7.89. The van der Waals surface area contributed by atoms with Crippen molar-refractivity contribution in [2.45, 2.75) is 30.6 Å². The summed E-state index contributed by atoms with van der Waals surface area (Å²) in [5.41, 5.74) is 1.44. The quantitative estimate of drug-likeness (QED) is 0.880. The van der Waals surface area contributed by atoms with Crippen molar-refractivity contribution in [3.63, 3.8) is 0 Å². The lowest BCUT2D eigenvalue weighted by molar-refractivity contribution is -0.115. The molecule has 0 unspecified atom stereocenters. The third kappa shape index (κ3) is 2.38. The van der Waals surface area contributed by atoms with E-state index in [2.05, 4.69) is 21.2 Å². The van der Waals surface area contributed by atoms with E-state index in [4.69, 9.17) is 0 Å². The molecule has 1 aromatic carbocycles. The summed E-state index contributed by atoms with van der Waals surface area (Å²) in [6.45, 7) is 1.14. The van der Waals surface area contributed by atoms with E-state index in [1.165, 1.54) is 4.31 Å². The van der Waals surface area contributed by atoms with Gasteiger partial charge < -0.3 is 5.32 Å². The zero-order valence-corrected chi connectivity index (χ0v) is 13.3. The maximum absolute atomic E-state index is 12.7. The van der Waals surface area contributed by atoms with E-state index in [0.717, 1.165) is 24.8 Å². The maximum atomic E-state index is 12.7. The van der Waals surface area contributed by atoms with Crippen molar-refractivity contribution in [3.05, 3.63) is 22.2 Å². The summed E-state index contributed by atoms with van der Waals surface area (Å²) in [7, 11) is -3.48. The zero-order chi connectivity index (χ0) is 14.3. The molecule has 0 aliphatic carbocycles. The molecule has 1 N–H and O–H groups in total. The Kier molecular flexibility index (Phi) is 3.60. The Balaban J connectivity index is 2.01. The van der Waals surface area contributed by atoms with Gasteiger partial charge in [-0.25, -0.2) is 8.42 Å². The number of hydrogen-bond acceptors (Lipinski definition) is 3. The number of anilines is 1. The van der Waals surface area contributed by atoms with Crippen LogP contribution in [0.5, 0.6) is 0 Å². The Labute approximate surface area is 126 Å². The molecule has 2 aliphatic rings. The van der Waals surface area contributed by atoms with E-state index in [0.29, 0.717) is 23.2 Å². The molecule has 7 heteroatoms. The fourth-order valence-corrected chi connectivity index (χ4v) is 5.24. The number of carbonyl (C=O) groups is 1. The van der Waals surface area contributed by atoms with Crippen LogP contribution in [-0.4, -0.2) is 31.7 Å². The number of piperidine rings is 1. The summed E-state index contributed by atoms with van der Waals surface area (Å²) >= 11 is 3.32. The predicted molar refractivity (Wildman–Crippen MR) is 79.1 cm³/mol. The van der Waals surface area contributed by atoms with Crippen LogP contribution in [0.25, 0.3) is 0 Å². The van der Waals surface area contributed by atoms with E-state index in [1.807, 2.05) is 0 Å². The Morgan fingerprint density at radius 3 is 2.55 bits per heavy atom. The van der Waals surface area contributed by atoms with Crippen molar-refractivity contribution in [2.75, 3.05) is 18.4 Å². The first-order chi connectivity index (χ1) is 9.48. The van der Waals surface area contributed by atoms with Crippen molar-refractivity contribution in [3.8, 4) is 0 Å². The summed E-state index contributed by atoms with van der Waals surface area (Å²) < 4.78 is 27.4. The van der Waals surface area contributed by atoms with Gasteiger partial charge in [-0.3, -0.25) is 4.79 Å². The van der Waals surface area contributed by atoms with Crippen LogP contribution in [0.3, 0.4) is 0 Å². The highest BCUT2D eigenvalue weighted by atomic mass is 79.9. The molecule has 20 heavy (non-hydrogen) atoms. The molecule has 0 atom stereocenters. The molecule has 0 saturated carbocycles. The van der Waals surface area contributed by atoms with Gasteiger partial charge in [-0.05, 0) is 46.5 Å². The fraction of sp³-hybridized carbons (Fsp3) is 0.462. The van der Waals surface area contributed by atoms with Crippen LogP contribution in [-0.2, 0) is 21.2 Å². The minimum atomic E-state index is -3.48. The van der Waals surface area contributed by atoms with Crippen molar-refractivity contribution < 1.29 is 13.2 Å². The second-order valence-electron chi connectivity index (χ2n) is 5.13. The van der Waals surface area contributed by atoms with Crippen LogP contribution in [0.1, 0.15) is 24.8 Å². The summed E-state index contributed by atoms with van der Waals surface area (Å²) in [6.07, 6.45) is 3.13. The topological polar surface area (TPSA) is 66.5 Å². The van der Waals surface area contributed by atoms with Crippen molar-refractivity contribution in [1.29, 1.82) is 0 Å². The van der Waals surface area contributed by atoms with Gasteiger partial charge >= 0.3 is 0 Å². The minimum Gasteiger partial charge on any atom is -0.325 e. The lowest BCUT2D eigenvalue weighted by atomic mass is 10.2. The van der Waals surface area contributed by atoms with Gasteiger partial charge in [-0.2, -0.15) is 4.31 Å². The molecule has 0 radical (unpaired) electrons. The number of fused-ring (bicyclic) bond motifs is 1. The molecular formula is C13H15BrN2O3S. The van der Waals surface area contributed by atoms with E-state index < -0.39 is 10.0 Å². The molecule has 108 valence electrons. The average molecular weight is 359 g/mol. The normalized spacial score (nSPS) is 19.8. The van der Waals surface area contributed by atoms with Crippen molar-refractivity contribution in [1.82, 2.24) is 4.31 Å². The number of nitrogens with one attached hydrogen (secondary N) is 1. The Bertz CT molecular complexity index is 666. The fourth-order valence-electron chi connectivity index (χ4n) is 2.67. The van der Waals surface area contributed by atoms with Crippen LogP contribution in [0, 0.1) is 0 Å². The summed E-state index contributed by atoms with van der Waals surface area (Å²) in [5.74, 6) is -0.0978. The molecule has 2 heterocycles. The molecule has 1 fully saturated rings. The Hall–Kier alpha value is -0.920. The summed E-state index contributed by atoms with van der Waals surface area (Å²) in [5, 5.41) is 2.72. The Morgan fingerprint density at radius 2 is 1.85 bits per heavy atom. The number of sulfonamides is 1. The number of halogens is 1. The molecule has 0 bridgehead atoms. The molecule has 2 aliphatic heterocycles. The van der Waals surface area contributed by atoms with Gasteiger partial charge in [0, 0.05) is 23.2 Å². The van der Waals surface area contributed by atoms with E-state index in [1.54, 1.807) is 12.1 Å². The monoisotopic (exact) mass is 358 g/mol. The third-order valence-electron chi connectivity index (χ3n) is 3.72. The number of hydrogen-bond donors (Lipinski definition) is 1. The van der Waals surface area contributed by atoms with Crippen LogP contribution < -0.4 is 5.32 Å². The van der Waals surface area contributed by atoms with Crippen molar-refractivity contribution >= 4 is 37.5 Å². The van der Waals surface area contributed by atoms with Gasteiger partial charge in [0.05, 0.1) is 11.3 Å². The number of carbonyl (C=O) groups excluding carboxylic acids is 1. The van der Waals surface area contributed by atoms with Gasteiger partial charge in [0.2, 0.25) is 15.9 Å². The van der Waals surface area contributed by atoms with E-state index >= 15 is 0 Å². The molecule has 3 rings (SSSR count). The smallest absolute Gasteiger partial charge is 0.244 e.